The topological polar surface area (TPSA) is 259 Å². The second-order valence-electron chi connectivity index (χ2n) is 10.9. The van der Waals surface area contributed by atoms with E-state index in [2.05, 4.69) is 15.1 Å². The lowest BCUT2D eigenvalue weighted by atomic mass is 9.72. The summed E-state index contributed by atoms with van der Waals surface area (Å²) in [5.41, 5.74) is 12.8. The van der Waals surface area contributed by atoms with Crippen molar-refractivity contribution in [2.75, 3.05) is 7.11 Å². The van der Waals surface area contributed by atoms with Crippen molar-refractivity contribution in [2.45, 2.75) is 69.4 Å². The SMILES string of the molecule is COc1cccc2c1C(=O)c1c(O)c3c(c(O)c1C2=O)C[C@@](O)(/C(C)=N/NC(N)=O)C[C@@H]3O[C@H]1C[C@H](N=[N+]=[N-])[C@H](O)[C@H](C)O1. The summed E-state index contributed by atoms with van der Waals surface area (Å²) in [6, 6.07) is 2.43. The molecule has 0 aromatic heterocycles. The fourth-order valence-electron chi connectivity index (χ4n) is 6.03. The number of rotatable bonds is 6. The number of aliphatic hydroxyl groups is 2. The molecule has 16 nitrogen and oxygen atoms in total. The highest BCUT2D eigenvalue weighted by Crippen LogP contribution is 2.52. The van der Waals surface area contributed by atoms with Gasteiger partial charge in [0.1, 0.15) is 22.8 Å². The van der Waals surface area contributed by atoms with Crippen LogP contribution in [0.4, 0.5) is 4.79 Å². The number of ketones is 2. The predicted octanol–water partition coefficient (Wildman–Crippen LogP) is 1.84. The van der Waals surface area contributed by atoms with E-state index >= 15 is 0 Å². The Hall–Kier alpha value is -4.73. The van der Waals surface area contributed by atoms with Crippen molar-refractivity contribution >= 4 is 23.3 Å². The summed E-state index contributed by atoms with van der Waals surface area (Å²) in [5, 5.41) is 52.8. The van der Waals surface area contributed by atoms with Crippen LogP contribution in [0, 0.1) is 0 Å². The lowest BCUT2D eigenvalue weighted by Gasteiger charge is -2.42. The molecule has 44 heavy (non-hydrogen) atoms. The average Bonchev–Trinajstić information content (AvgIpc) is 2.98. The molecule has 2 amide bonds. The number of carbonyl (C=O) groups is 3. The summed E-state index contributed by atoms with van der Waals surface area (Å²) in [4.78, 5) is 41.5. The van der Waals surface area contributed by atoms with Gasteiger partial charge in [0.15, 0.2) is 12.1 Å². The minimum Gasteiger partial charge on any atom is -0.507 e. The van der Waals surface area contributed by atoms with Crippen molar-refractivity contribution in [3.63, 3.8) is 0 Å². The van der Waals surface area contributed by atoms with Gasteiger partial charge in [0, 0.05) is 40.9 Å². The Balaban J connectivity index is 1.68. The fourth-order valence-corrected chi connectivity index (χ4v) is 6.03. The molecule has 0 unspecified atom stereocenters. The summed E-state index contributed by atoms with van der Waals surface area (Å²) in [5.74, 6) is -2.77. The molecular weight excluding hydrogens is 580 g/mol. The minimum absolute atomic E-state index is 0.0500. The third-order valence-corrected chi connectivity index (χ3v) is 8.27. The maximum absolute atomic E-state index is 13.8. The van der Waals surface area contributed by atoms with Crippen molar-refractivity contribution in [1.82, 2.24) is 5.43 Å². The van der Waals surface area contributed by atoms with Gasteiger partial charge >= 0.3 is 6.03 Å². The summed E-state index contributed by atoms with van der Waals surface area (Å²) in [6.07, 6.45) is -5.33. The second kappa shape index (κ2) is 11.4. The number of methoxy groups -OCH3 is 1. The highest BCUT2D eigenvalue weighted by molar-refractivity contribution is 6.31. The summed E-state index contributed by atoms with van der Waals surface area (Å²) >= 11 is 0. The van der Waals surface area contributed by atoms with Crippen LogP contribution in [0.3, 0.4) is 0 Å². The normalized spacial score (nSPS) is 27.8. The molecule has 2 aromatic rings. The molecule has 1 aliphatic heterocycles. The Morgan fingerprint density at radius 1 is 1.20 bits per heavy atom. The van der Waals surface area contributed by atoms with Gasteiger partial charge in [-0.05, 0) is 25.4 Å². The first-order valence-electron chi connectivity index (χ1n) is 13.6. The van der Waals surface area contributed by atoms with Crippen molar-refractivity contribution in [2.24, 2.45) is 15.9 Å². The molecule has 6 atom stereocenters. The molecule has 1 saturated heterocycles. The number of nitrogens with zero attached hydrogens (tertiary/aromatic N) is 4. The van der Waals surface area contributed by atoms with Crippen molar-refractivity contribution < 1.29 is 49.0 Å². The number of aliphatic hydroxyl groups excluding tert-OH is 1. The number of hydrogen-bond donors (Lipinski definition) is 6. The largest absolute Gasteiger partial charge is 0.507 e. The lowest BCUT2D eigenvalue weighted by Crippen LogP contribution is -2.49. The number of phenolic OH excluding ortho intramolecular Hbond substituents is 2. The molecule has 7 N–H and O–H groups in total. The maximum atomic E-state index is 13.8. The van der Waals surface area contributed by atoms with Gasteiger partial charge in [-0.1, -0.05) is 17.2 Å². The zero-order valence-corrected chi connectivity index (χ0v) is 23.8. The van der Waals surface area contributed by atoms with Gasteiger partial charge < -0.3 is 40.4 Å². The van der Waals surface area contributed by atoms with Crippen LogP contribution in [0.15, 0.2) is 28.4 Å². The first-order valence-corrected chi connectivity index (χ1v) is 13.6. The number of fused-ring (bicyclic) bond motifs is 3. The first-order chi connectivity index (χ1) is 20.8. The Morgan fingerprint density at radius 2 is 1.91 bits per heavy atom. The van der Waals surface area contributed by atoms with E-state index in [1.54, 1.807) is 0 Å². The van der Waals surface area contributed by atoms with Gasteiger partial charge in [-0.3, -0.25) is 9.59 Å². The summed E-state index contributed by atoms with van der Waals surface area (Å²) in [6.45, 7) is 2.92. The van der Waals surface area contributed by atoms with E-state index in [-0.39, 0.29) is 46.6 Å². The Morgan fingerprint density at radius 3 is 2.57 bits per heavy atom. The summed E-state index contributed by atoms with van der Waals surface area (Å²) < 4.78 is 17.3. The monoisotopic (exact) mass is 610 g/mol. The number of benzene rings is 2. The minimum atomic E-state index is -1.94. The van der Waals surface area contributed by atoms with Gasteiger partial charge in [0.25, 0.3) is 0 Å². The molecule has 1 fully saturated rings. The van der Waals surface area contributed by atoms with Crippen molar-refractivity contribution in [3.05, 3.63) is 62.0 Å². The van der Waals surface area contributed by atoms with E-state index in [0.717, 1.165) is 0 Å². The van der Waals surface area contributed by atoms with Crippen molar-refractivity contribution in [1.29, 1.82) is 0 Å². The third-order valence-electron chi connectivity index (χ3n) is 8.27. The lowest BCUT2D eigenvalue weighted by molar-refractivity contribution is -0.245. The van der Waals surface area contributed by atoms with E-state index in [4.69, 9.17) is 25.5 Å². The van der Waals surface area contributed by atoms with E-state index in [0.29, 0.717) is 0 Å². The van der Waals surface area contributed by atoms with Gasteiger partial charge in [-0.15, -0.1) is 0 Å². The zero-order valence-electron chi connectivity index (χ0n) is 23.8. The average molecular weight is 611 g/mol. The highest BCUT2D eigenvalue weighted by Gasteiger charge is 2.49. The maximum Gasteiger partial charge on any atom is 0.332 e. The van der Waals surface area contributed by atoms with Crippen LogP contribution in [0.2, 0.25) is 0 Å². The number of urea groups is 1. The number of ether oxygens (including phenoxy) is 3. The van der Waals surface area contributed by atoms with Crippen LogP contribution in [-0.2, 0) is 15.9 Å². The van der Waals surface area contributed by atoms with Gasteiger partial charge in [-0.2, -0.15) is 5.10 Å². The zero-order chi connectivity index (χ0) is 32.1. The number of phenols is 2. The number of amides is 2. The highest BCUT2D eigenvalue weighted by atomic mass is 16.7. The molecule has 0 bridgehead atoms. The molecule has 0 radical (unpaired) electrons. The Bertz CT molecular complexity index is 1650. The van der Waals surface area contributed by atoms with Gasteiger partial charge in [-0.25, -0.2) is 10.2 Å². The van der Waals surface area contributed by atoms with Crippen LogP contribution in [0.1, 0.15) is 75.8 Å². The number of carbonyl (C=O) groups excluding carboxylic acids is 3. The molecule has 1 heterocycles. The molecule has 16 heteroatoms. The molecule has 0 spiro atoms. The molecule has 232 valence electrons. The Labute approximate surface area is 249 Å². The van der Waals surface area contributed by atoms with E-state index in [1.165, 1.54) is 39.2 Å². The Kier molecular flexibility index (Phi) is 7.96. The van der Waals surface area contributed by atoms with Gasteiger partial charge in [0.2, 0.25) is 5.78 Å². The van der Waals surface area contributed by atoms with Crippen molar-refractivity contribution in [3.8, 4) is 17.2 Å². The van der Waals surface area contributed by atoms with Crippen LogP contribution >= 0.6 is 0 Å². The standard InChI is InChI=1S/C28H30N6O10/c1-10-22(35)14(32-34-30)7-17(43-10)44-16-9-28(41,11(2)31-33-27(29)40)8-13-19(16)26(39)21-20(24(13)37)23(36)12-5-4-6-15(42-3)18(12)25(21)38/h4-6,10,14,16-17,22,35,37,39,41H,7-9H2,1-3H3,(H3,29,33,40)/b31-11+/t10-,14-,16-,17-,22+,28-/m0/s1. The summed E-state index contributed by atoms with van der Waals surface area (Å²) in [7, 11) is 1.32. The van der Waals surface area contributed by atoms with Crippen LogP contribution in [0.5, 0.6) is 17.2 Å². The van der Waals surface area contributed by atoms with Crippen LogP contribution in [0.25, 0.3) is 10.4 Å². The smallest absolute Gasteiger partial charge is 0.332 e. The molecule has 3 aliphatic rings. The molecule has 0 saturated carbocycles. The molecule has 2 aliphatic carbocycles. The number of azide groups is 1. The van der Waals surface area contributed by atoms with E-state index < -0.39 is 82.9 Å². The number of hydrogen-bond acceptors (Lipinski definition) is 12. The number of nitrogens with two attached hydrogens (primary N) is 1. The predicted molar refractivity (Wildman–Crippen MR) is 150 cm³/mol. The molecule has 2 aromatic carbocycles. The first kappa shape index (κ1) is 30.7. The number of nitrogens with one attached hydrogen (secondary N) is 1. The van der Waals surface area contributed by atoms with E-state index in [9.17, 15) is 34.8 Å². The van der Waals surface area contributed by atoms with Gasteiger partial charge in [0.05, 0.1) is 53.9 Å². The third kappa shape index (κ3) is 4.98. The molecular formula is C28H30N6O10. The van der Waals surface area contributed by atoms with Crippen LogP contribution in [-0.4, -0.2) is 81.0 Å². The van der Waals surface area contributed by atoms with Crippen LogP contribution < -0.4 is 15.9 Å². The fraction of sp³-hybridized carbons (Fsp3) is 0.429. The van der Waals surface area contributed by atoms with E-state index in [1.807, 2.05) is 5.43 Å². The number of hydrazone groups is 1. The molecule has 5 rings (SSSR count). The second-order valence-corrected chi connectivity index (χ2v) is 10.9. The number of primary amides is 1. The number of aromatic hydroxyl groups is 2. The quantitative estimate of drug-likeness (QED) is 0.0589.